The summed E-state index contributed by atoms with van der Waals surface area (Å²) in [6, 6.07) is 5.27. The van der Waals surface area contributed by atoms with Crippen LogP contribution < -0.4 is 31.9 Å². The summed E-state index contributed by atoms with van der Waals surface area (Å²) in [5, 5.41) is 28.7. The molecule has 0 radical (unpaired) electrons. The molecule has 314 valence electrons. The highest BCUT2D eigenvalue weighted by molar-refractivity contribution is 8.00. The smallest absolute Gasteiger partial charge is 0.315 e. The fourth-order valence-corrected chi connectivity index (χ4v) is 8.26. The van der Waals surface area contributed by atoms with Gasteiger partial charge in [0.25, 0.3) is 5.91 Å². The number of halogens is 1. The van der Waals surface area contributed by atoms with Crippen molar-refractivity contribution in [3.63, 3.8) is 0 Å². The molecule has 2 aliphatic heterocycles. The molecule has 0 aliphatic carbocycles. The zero-order valence-corrected chi connectivity index (χ0v) is 34.7. The number of ether oxygens (including phenoxy) is 3. The number of anilines is 3. The number of amides is 4. The summed E-state index contributed by atoms with van der Waals surface area (Å²) >= 11 is 8.44. The average molecular weight is 833 g/mol. The predicted octanol–water partition coefficient (Wildman–Crippen LogP) is 3.85. The highest BCUT2D eigenvalue weighted by Crippen LogP contribution is 2.33. The third-order valence-electron chi connectivity index (χ3n) is 9.70. The van der Waals surface area contributed by atoms with Crippen molar-refractivity contribution in [1.82, 2.24) is 40.8 Å². The number of nitrogens with one attached hydrogen (secondary N) is 6. The fraction of sp³-hybridized carbons (Fsp3) is 0.632. The van der Waals surface area contributed by atoms with E-state index in [0.717, 1.165) is 25.0 Å². The molecule has 2 fully saturated rings. The molecule has 5 rings (SSSR count). The van der Waals surface area contributed by atoms with Gasteiger partial charge in [-0.2, -0.15) is 21.7 Å². The number of aromatic nitrogens is 4. The quantitative estimate of drug-likeness (QED) is 0.0478. The molecule has 0 saturated carbocycles. The van der Waals surface area contributed by atoms with E-state index < -0.39 is 0 Å². The molecule has 4 amide bonds. The Morgan fingerprint density at radius 1 is 1.00 bits per heavy atom. The van der Waals surface area contributed by atoms with Gasteiger partial charge in [0.15, 0.2) is 17.0 Å². The Morgan fingerprint density at radius 3 is 2.40 bits per heavy atom. The number of hydrogen-bond donors (Lipinski definition) is 7. The molecule has 4 heterocycles. The number of aliphatic hydroxyl groups excluding tert-OH is 1. The third-order valence-corrected chi connectivity index (χ3v) is 11.5. The fourth-order valence-electron chi connectivity index (χ4n) is 6.45. The van der Waals surface area contributed by atoms with Gasteiger partial charge in [-0.3, -0.25) is 9.59 Å². The first-order chi connectivity index (χ1) is 27.5. The second-order valence-electron chi connectivity index (χ2n) is 14.6. The second kappa shape index (κ2) is 22.3. The molecular weight excluding hydrogens is 776 g/mol. The summed E-state index contributed by atoms with van der Waals surface area (Å²) in [6.07, 6.45) is 4.97. The lowest BCUT2D eigenvalue weighted by atomic mass is 10.0. The molecule has 2 aliphatic rings. The van der Waals surface area contributed by atoms with Gasteiger partial charge in [-0.15, -0.1) is 0 Å². The average Bonchev–Trinajstić information content (AvgIpc) is 3.88. The monoisotopic (exact) mass is 832 g/mol. The van der Waals surface area contributed by atoms with Crippen LogP contribution in [0.15, 0.2) is 24.5 Å². The van der Waals surface area contributed by atoms with E-state index >= 15 is 0 Å². The zero-order chi connectivity index (χ0) is 40.7. The van der Waals surface area contributed by atoms with Gasteiger partial charge in [0, 0.05) is 42.2 Å². The Bertz CT molecular complexity index is 1780. The molecule has 4 atom stereocenters. The molecule has 1 aromatic carbocycles. The molecule has 1 unspecified atom stereocenters. The topological polar surface area (TPSA) is 215 Å². The van der Waals surface area contributed by atoms with Crippen molar-refractivity contribution in [3.05, 3.63) is 35.1 Å². The van der Waals surface area contributed by atoms with Crippen LogP contribution in [0.2, 0.25) is 5.02 Å². The van der Waals surface area contributed by atoms with Gasteiger partial charge in [-0.1, -0.05) is 31.9 Å². The standard InChI is InChI=1S/C38H57ClN10O7S/c1-23(2)28(20-50)44-37-47-34(33-35(48-37)49(22-42-33)24(3)4)43-25-9-10-26(27(39)19-25)36(52)41-12-14-55-16-18-56-17-15-54-13-11-40-31(51)8-6-5-7-30-32-29(21-57-30)45-38(53)46-32/h9-10,19,22-24,28-30,32,50H,5-8,11-18,20-21H2,1-4H3,(H,40,51)(H,41,52)(H2,45,46,53)(H2,43,44,47,48)/t28-,29?,30+,32+/m1/s1. The Labute approximate surface area is 342 Å². The van der Waals surface area contributed by atoms with Crippen LogP contribution in [0.25, 0.3) is 11.2 Å². The molecule has 0 bridgehead atoms. The molecule has 57 heavy (non-hydrogen) atoms. The second-order valence-corrected chi connectivity index (χ2v) is 16.3. The van der Waals surface area contributed by atoms with E-state index in [2.05, 4.69) is 41.9 Å². The number of rotatable bonds is 25. The maximum atomic E-state index is 12.9. The lowest BCUT2D eigenvalue weighted by Gasteiger charge is -2.20. The maximum absolute atomic E-state index is 12.9. The summed E-state index contributed by atoms with van der Waals surface area (Å²) in [6.45, 7) is 11.0. The molecule has 17 nitrogen and oxygen atoms in total. The maximum Gasteiger partial charge on any atom is 0.315 e. The van der Waals surface area contributed by atoms with Crippen LogP contribution in [0.3, 0.4) is 0 Å². The van der Waals surface area contributed by atoms with Gasteiger partial charge in [-0.05, 0) is 50.8 Å². The van der Waals surface area contributed by atoms with Crippen molar-refractivity contribution < 1.29 is 33.7 Å². The number of carbonyl (C=O) groups excluding carboxylic acids is 3. The number of aliphatic hydroxyl groups is 1. The lowest BCUT2D eigenvalue weighted by molar-refractivity contribution is -0.121. The molecule has 3 aromatic rings. The Balaban J connectivity index is 0.907. The van der Waals surface area contributed by atoms with E-state index in [9.17, 15) is 19.5 Å². The number of carbonyl (C=O) groups is 3. The van der Waals surface area contributed by atoms with E-state index in [4.69, 9.17) is 30.8 Å². The van der Waals surface area contributed by atoms with Gasteiger partial charge in [-0.25, -0.2) is 9.78 Å². The van der Waals surface area contributed by atoms with Crippen LogP contribution in [0.1, 0.15) is 69.8 Å². The normalized spacial score (nSPS) is 18.1. The number of imidazole rings is 1. The number of fused-ring (bicyclic) bond motifs is 2. The molecule has 0 spiro atoms. The molecule has 7 N–H and O–H groups in total. The molecular formula is C38H57ClN10O7S. The van der Waals surface area contributed by atoms with Crippen molar-refractivity contribution in [1.29, 1.82) is 0 Å². The van der Waals surface area contributed by atoms with E-state index in [1.165, 1.54) is 0 Å². The van der Waals surface area contributed by atoms with E-state index in [0.29, 0.717) is 98.6 Å². The summed E-state index contributed by atoms with van der Waals surface area (Å²) < 4.78 is 18.6. The number of urea groups is 1. The third kappa shape index (κ3) is 13.0. The van der Waals surface area contributed by atoms with Crippen molar-refractivity contribution in [3.8, 4) is 0 Å². The Kier molecular flexibility index (Phi) is 17.3. The van der Waals surface area contributed by atoms with Crippen LogP contribution in [-0.4, -0.2) is 131 Å². The Hall–Kier alpha value is -3.94. The summed E-state index contributed by atoms with van der Waals surface area (Å²) in [5.41, 5.74) is 2.14. The van der Waals surface area contributed by atoms with Gasteiger partial charge in [0.05, 0.1) is 81.3 Å². The number of unbranched alkanes of at least 4 members (excludes halogenated alkanes) is 1. The number of hydrogen-bond acceptors (Lipinski definition) is 13. The van der Waals surface area contributed by atoms with Crippen LogP contribution in [0, 0.1) is 5.92 Å². The van der Waals surface area contributed by atoms with Crippen LogP contribution in [-0.2, 0) is 19.0 Å². The number of nitrogens with zero attached hydrogens (tertiary/aromatic N) is 4. The minimum Gasteiger partial charge on any atom is -0.394 e. The minimum absolute atomic E-state index is 0.0176. The van der Waals surface area contributed by atoms with Crippen molar-refractivity contribution in [2.45, 2.75) is 82.8 Å². The summed E-state index contributed by atoms with van der Waals surface area (Å²) in [7, 11) is 0. The van der Waals surface area contributed by atoms with Gasteiger partial charge in [0.1, 0.15) is 0 Å². The van der Waals surface area contributed by atoms with E-state index in [-0.39, 0.29) is 59.6 Å². The van der Waals surface area contributed by atoms with E-state index in [1.54, 1.807) is 24.5 Å². The van der Waals surface area contributed by atoms with Gasteiger partial charge >= 0.3 is 6.03 Å². The number of benzene rings is 1. The van der Waals surface area contributed by atoms with Crippen molar-refractivity contribution in [2.75, 3.05) is 75.7 Å². The van der Waals surface area contributed by atoms with Crippen LogP contribution in [0.4, 0.5) is 22.2 Å². The predicted molar refractivity (Wildman–Crippen MR) is 222 cm³/mol. The first kappa shape index (κ1) is 44.2. The van der Waals surface area contributed by atoms with Crippen molar-refractivity contribution in [2.24, 2.45) is 5.92 Å². The van der Waals surface area contributed by atoms with Gasteiger partial charge in [0.2, 0.25) is 11.9 Å². The molecule has 19 heteroatoms. The summed E-state index contributed by atoms with van der Waals surface area (Å²) in [4.78, 5) is 50.4. The zero-order valence-electron chi connectivity index (χ0n) is 33.1. The SMILES string of the molecule is CC(C)[C@@H](CO)Nc1nc(Nc2ccc(C(=O)NCCOCCOCCOCCNC(=O)CCCC[C@@H]3SCC4NC(=O)N[C@@H]43)c(Cl)c2)c2ncn(C(C)C)c2n1. The number of thioether (sulfide) groups is 1. The summed E-state index contributed by atoms with van der Waals surface area (Å²) in [5.74, 6) is 1.60. The highest BCUT2D eigenvalue weighted by atomic mass is 35.5. The Morgan fingerprint density at radius 2 is 1.72 bits per heavy atom. The van der Waals surface area contributed by atoms with E-state index in [1.807, 2.05) is 44.0 Å². The molecule has 2 aromatic heterocycles. The highest BCUT2D eigenvalue weighted by Gasteiger charge is 2.42. The van der Waals surface area contributed by atoms with Crippen LogP contribution >= 0.6 is 23.4 Å². The largest absolute Gasteiger partial charge is 0.394 e. The van der Waals surface area contributed by atoms with Gasteiger partial charge < -0.3 is 55.8 Å². The van der Waals surface area contributed by atoms with Crippen molar-refractivity contribution >= 4 is 69.8 Å². The lowest BCUT2D eigenvalue weighted by Crippen LogP contribution is -2.36. The molecule has 2 saturated heterocycles. The first-order valence-electron chi connectivity index (χ1n) is 19.7. The first-order valence-corrected chi connectivity index (χ1v) is 21.1. The minimum atomic E-state index is -0.328. The van der Waals surface area contributed by atoms with Crippen LogP contribution in [0.5, 0.6) is 0 Å².